The molecule has 9 nitrogen and oxygen atoms in total. The molecule has 3 N–H and O–H groups in total. The van der Waals surface area contributed by atoms with Crippen molar-refractivity contribution in [2.24, 2.45) is 0 Å². The molecule has 0 amide bonds. The van der Waals surface area contributed by atoms with E-state index in [9.17, 15) is 14.2 Å². The molecular weight excluding hydrogens is 315 g/mol. The summed E-state index contributed by atoms with van der Waals surface area (Å²) in [4.78, 5) is 42.9. The molecule has 0 aromatic carbocycles. The van der Waals surface area contributed by atoms with Gasteiger partial charge < -0.3 is 19.3 Å². The number of nitrogens with zero attached hydrogens (tertiary/aromatic N) is 1. The summed E-state index contributed by atoms with van der Waals surface area (Å²) >= 11 is 0. The molecule has 0 aliphatic carbocycles. The van der Waals surface area contributed by atoms with Crippen molar-refractivity contribution in [3.8, 4) is 12.3 Å². The Hall–Kier alpha value is -1.95. The van der Waals surface area contributed by atoms with Crippen LogP contribution in [0.15, 0.2) is 27.9 Å². The lowest BCUT2D eigenvalue weighted by atomic mass is 10.3. The third-order valence-corrected chi connectivity index (χ3v) is 3.31. The maximum atomic E-state index is 11.8. The second kappa shape index (κ2) is 5.68. The molecule has 0 saturated carbocycles. The van der Waals surface area contributed by atoms with E-state index in [1.54, 1.807) is 0 Å². The molecule has 2 atom stereocenters. The minimum atomic E-state index is -4.44. The minimum Gasteiger partial charge on any atom is -0.323 e. The molecule has 1 aromatic rings. The number of aromatic nitrogens is 2. The Bertz CT molecular complexity index is 812. The third kappa shape index (κ3) is 3.44. The molecule has 1 aliphatic heterocycles. The second-order valence-electron chi connectivity index (χ2n) is 4.60. The lowest BCUT2D eigenvalue weighted by Gasteiger charge is -2.24. The van der Waals surface area contributed by atoms with Gasteiger partial charge in [0.1, 0.15) is 0 Å². The van der Waals surface area contributed by atoms with Crippen LogP contribution in [0.5, 0.6) is 0 Å². The van der Waals surface area contributed by atoms with Gasteiger partial charge in [-0.15, -0.1) is 6.42 Å². The van der Waals surface area contributed by atoms with Gasteiger partial charge in [0, 0.05) is 11.8 Å². The summed E-state index contributed by atoms with van der Waals surface area (Å²) in [5.74, 6) is 0.337. The first-order valence-electron chi connectivity index (χ1n) is 6.01. The molecule has 0 fully saturated rings. The maximum absolute atomic E-state index is 11.8. The second-order valence-corrected chi connectivity index (χ2v) is 6.18. The third-order valence-electron chi connectivity index (χ3n) is 2.84. The van der Waals surface area contributed by atoms with Crippen LogP contribution in [0.2, 0.25) is 0 Å². The fourth-order valence-corrected chi connectivity index (χ4v) is 2.14. The van der Waals surface area contributed by atoms with Gasteiger partial charge in [-0.3, -0.25) is 18.9 Å². The predicted octanol–water partition coefficient (Wildman–Crippen LogP) is -0.589. The normalized spacial score (nSPS) is 24.4. The standard InChI is InChI=1S/C12H13N2O7P/c1-3-12(20-7-22(17,18)19)5-4-9(21-12)14-6-8(2)10(15)13-11(14)16/h1,4-6,9H,7H2,2H3,(H,13,15,16)(H2,17,18,19)/t9-,12+/m1/s1. The van der Waals surface area contributed by atoms with Gasteiger partial charge in [-0.2, -0.15) is 0 Å². The van der Waals surface area contributed by atoms with E-state index >= 15 is 0 Å². The van der Waals surface area contributed by atoms with E-state index in [1.807, 2.05) is 0 Å². The van der Waals surface area contributed by atoms with Crippen LogP contribution in [0, 0.1) is 19.3 Å². The van der Waals surface area contributed by atoms with Crippen molar-refractivity contribution in [2.45, 2.75) is 18.9 Å². The summed E-state index contributed by atoms with van der Waals surface area (Å²) in [5.41, 5.74) is -0.955. The molecule has 2 heterocycles. The largest absolute Gasteiger partial charge is 0.351 e. The van der Waals surface area contributed by atoms with E-state index in [4.69, 9.17) is 25.7 Å². The summed E-state index contributed by atoms with van der Waals surface area (Å²) in [6, 6.07) is 0. The van der Waals surface area contributed by atoms with Gasteiger partial charge in [0.25, 0.3) is 11.3 Å². The summed E-state index contributed by atoms with van der Waals surface area (Å²) in [6.45, 7) is 1.51. The molecule has 0 bridgehead atoms. The van der Waals surface area contributed by atoms with Crippen molar-refractivity contribution in [3.05, 3.63) is 44.8 Å². The van der Waals surface area contributed by atoms with E-state index in [-0.39, 0.29) is 5.56 Å². The predicted molar refractivity (Wildman–Crippen MR) is 74.9 cm³/mol. The molecule has 118 valence electrons. The van der Waals surface area contributed by atoms with Crippen LogP contribution < -0.4 is 11.2 Å². The topological polar surface area (TPSA) is 131 Å². The highest BCUT2D eigenvalue weighted by Crippen LogP contribution is 2.38. The Balaban J connectivity index is 2.26. The van der Waals surface area contributed by atoms with Crippen molar-refractivity contribution in [1.29, 1.82) is 0 Å². The van der Waals surface area contributed by atoms with Crippen molar-refractivity contribution in [3.63, 3.8) is 0 Å². The van der Waals surface area contributed by atoms with Gasteiger partial charge in [0.2, 0.25) is 0 Å². The molecule has 0 spiro atoms. The van der Waals surface area contributed by atoms with Gasteiger partial charge in [-0.05, 0) is 25.0 Å². The number of hydrogen-bond donors (Lipinski definition) is 3. The highest BCUT2D eigenvalue weighted by atomic mass is 31.2. The Morgan fingerprint density at radius 3 is 2.86 bits per heavy atom. The Kier molecular flexibility index (Phi) is 4.24. The van der Waals surface area contributed by atoms with Crippen molar-refractivity contribution >= 4 is 7.60 Å². The van der Waals surface area contributed by atoms with Crippen LogP contribution in [0.1, 0.15) is 11.8 Å². The number of nitrogens with one attached hydrogen (secondary N) is 1. The number of hydrogen-bond acceptors (Lipinski definition) is 5. The smallest absolute Gasteiger partial charge is 0.323 e. The molecular formula is C12H13N2O7P. The van der Waals surface area contributed by atoms with E-state index in [2.05, 4.69) is 10.9 Å². The highest BCUT2D eigenvalue weighted by molar-refractivity contribution is 7.51. The van der Waals surface area contributed by atoms with Crippen LogP contribution in [0.25, 0.3) is 0 Å². The summed E-state index contributed by atoms with van der Waals surface area (Å²) in [7, 11) is -4.44. The number of ether oxygens (including phenoxy) is 2. The first-order valence-corrected chi connectivity index (χ1v) is 7.81. The molecule has 1 aromatic heterocycles. The average molecular weight is 328 g/mol. The molecule has 0 radical (unpaired) electrons. The number of terminal acetylenes is 1. The van der Waals surface area contributed by atoms with Crippen LogP contribution in [-0.4, -0.2) is 31.5 Å². The quantitative estimate of drug-likeness (QED) is 0.382. The maximum Gasteiger partial charge on any atom is 0.351 e. The highest BCUT2D eigenvalue weighted by Gasteiger charge is 2.38. The van der Waals surface area contributed by atoms with E-state index in [0.717, 1.165) is 4.57 Å². The van der Waals surface area contributed by atoms with E-state index in [1.165, 1.54) is 25.3 Å². The molecule has 0 saturated heterocycles. The number of H-pyrrole nitrogens is 1. The zero-order valence-electron chi connectivity index (χ0n) is 11.4. The van der Waals surface area contributed by atoms with E-state index < -0.39 is 37.2 Å². The number of aryl methyl sites for hydroxylation is 1. The van der Waals surface area contributed by atoms with Gasteiger partial charge in [-0.1, -0.05) is 0 Å². The van der Waals surface area contributed by atoms with Gasteiger partial charge in [0.15, 0.2) is 12.6 Å². The Labute approximate surface area is 124 Å². The van der Waals surface area contributed by atoms with Crippen LogP contribution in [-0.2, 0) is 14.0 Å². The lowest BCUT2D eigenvalue weighted by molar-refractivity contribution is -0.176. The summed E-state index contributed by atoms with van der Waals surface area (Å²) in [5, 5.41) is 0. The van der Waals surface area contributed by atoms with Crippen LogP contribution >= 0.6 is 7.60 Å². The fraction of sp³-hybridized carbons (Fsp3) is 0.333. The van der Waals surface area contributed by atoms with Crippen molar-refractivity contribution in [1.82, 2.24) is 9.55 Å². The minimum absolute atomic E-state index is 0.283. The number of rotatable bonds is 4. The van der Waals surface area contributed by atoms with Crippen LogP contribution in [0.4, 0.5) is 0 Å². The molecule has 0 unspecified atom stereocenters. The number of aromatic amines is 1. The first-order chi connectivity index (χ1) is 10.2. The summed E-state index contributed by atoms with van der Waals surface area (Å²) < 4.78 is 22.3. The first kappa shape index (κ1) is 16.4. The van der Waals surface area contributed by atoms with Crippen LogP contribution in [0.3, 0.4) is 0 Å². The lowest BCUT2D eigenvalue weighted by Crippen LogP contribution is -2.36. The summed E-state index contributed by atoms with van der Waals surface area (Å²) in [6.07, 6.45) is 7.30. The van der Waals surface area contributed by atoms with Gasteiger partial charge >= 0.3 is 13.3 Å². The molecule has 2 rings (SSSR count). The monoisotopic (exact) mass is 328 g/mol. The van der Waals surface area contributed by atoms with E-state index in [0.29, 0.717) is 0 Å². The fourth-order valence-electron chi connectivity index (χ4n) is 1.78. The van der Waals surface area contributed by atoms with Gasteiger partial charge in [-0.25, -0.2) is 4.79 Å². The van der Waals surface area contributed by atoms with Crippen molar-refractivity contribution in [2.75, 3.05) is 6.35 Å². The average Bonchev–Trinajstić information content (AvgIpc) is 2.85. The van der Waals surface area contributed by atoms with Gasteiger partial charge in [0.05, 0.1) is 0 Å². The zero-order chi connectivity index (χ0) is 16.5. The molecule has 22 heavy (non-hydrogen) atoms. The Morgan fingerprint density at radius 1 is 1.59 bits per heavy atom. The SMILES string of the molecule is C#C[C@@]1(OCP(=O)(O)O)C=C[C@H](n2cc(C)c(=O)[nH]c2=O)O1. The molecule has 1 aliphatic rings. The van der Waals surface area contributed by atoms with Crippen molar-refractivity contribution < 1.29 is 23.8 Å². The Morgan fingerprint density at radius 2 is 2.27 bits per heavy atom. The molecule has 10 heteroatoms. The zero-order valence-corrected chi connectivity index (χ0v) is 12.3.